The van der Waals surface area contributed by atoms with Crippen LogP contribution < -0.4 is 5.32 Å². The number of rotatable bonds is 6. The molecule has 0 bridgehead atoms. The second kappa shape index (κ2) is 6.72. The van der Waals surface area contributed by atoms with Crippen molar-refractivity contribution in [1.82, 2.24) is 10.2 Å². The zero-order valence-corrected chi connectivity index (χ0v) is 12.0. The summed E-state index contributed by atoms with van der Waals surface area (Å²) in [6.45, 7) is 8.48. The van der Waals surface area contributed by atoms with Crippen LogP contribution in [0.4, 0.5) is 0 Å². The molecule has 1 aliphatic heterocycles. The molecule has 1 fully saturated rings. The largest absolute Gasteiger partial charge is 0.390 e. The minimum absolute atomic E-state index is 0.507. The Hall–Kier alpha value is -0.120. The zero-order valence-electron chi connectivity index (χ0n) is 12.0. The lowest BCUT2D eigenvalue weighted by molar-refractivity contribution is 0.0673. The van der Waals surface area contributed by atoms with E-state index in [1.807, 2.05) is 13.8 Å². The van der Waals surface area contributed by atoms with Crippen molar-refractivity contribution in [2.45, 2.75) is 70.6 Å². The molecular weight excluding hydrogens is 212 g/mol. The Morgan fingerprint density at radius 3 is 2.47 bits per heavy atom. The molecule has 1 rings (SSSR count). The number of piperidine rings is 1. The summed E-state index contributed by atoms with van der Waals surface area (Å²) in [7, 11) is 2.20. The van der Waals surface area contributed by atoms with Gasteiger partial charge in [0.1, 0.15) is 0 Å². The molecule has 0 aromatic heterocycles. The fraction of sp³-hybridized carbons (Fsp3) is 1.00. The van der Waals surface area contributed by atoms with Crippen LogP contribution >= 0.6 is 0 Å². The Morgan fingerprint density at radius 1 is 1.35 bits per heavy atom. The van der Waals surface area contributed by atoms with Gasteiger partial charge in [-0.3, -0.25) is 0 Å². The van der Waals surface area contributed by atoms with Crippen molar-refractivity contribution in [3.63, 3.8) is 0 Å². The first kappa shape index (κ1) is 14.9. The van der Waals surface area contributed by atoms with E-state index in [2.05, 4.69) is 24.2 Å². The first-order valence-corrected chi connectivity index (χ1v) is 7.04. The number of nitrogens with zero attached hydrogens (tertiary/aromatic N) is 1. The van der Waals surface area contributed by atoms with Crippen LogP contribution in [-0.4, -0.2) is 47.8 Å². The maximum absolute atomic E-state index is 9.66. The molecule has 102 valence electrons. The summed E-state index contributed by atoms with van der Waals surface area (Å²) in [4.78, 5) is 2.40. The van der Waals surface area contributed by atoms with Crippen LogP contribution in [0.1, 0.15) is 52.9 Å². The average molecular weight is 242 g/mol. The van der Waals surface area contributed by atoms with Crippen LogP contribution in [-0.2, 0) is 0 Å². The molecule has 3 heteroatoms. The fourth-order valence-electron chi connectivity index (χ4n) is 2.50. The molecule has 0 aromatic carbocycles. The lowest BCUT2D eigenvalue weighted by Gasteiger charge is -2.31. The highest BCUT2D eigenvalue weighted by Crippen LogP contribution is 2.15. The Labute approximate surface area is 107 Å². The smallest absolute Gasteiger partial charge is 0.0591 e. The van der Waals surface area contributed by atoms with Gasteiger partial charge in [-0.05, 0) is 73.0 Å². The van der Waals surface area contributed by atoms with Crippen molar-refractivity contribution < 1.29 is 5.11 Å². The molecule has 0 radical (unpaired) electrons. The third-order valence-electron chi connectivity index (χ3n) is 3.66. The molecule has 3 nitrogen and oxygen atoms in total. The fourth-order valence-corrected chi connectivity index (χ4v) is 2.50. The maximum atomic E-state index is 9.66. The van der Waals surface area contributed by atoms with E-state index >= 15 is 0 Å². The lowest BCUT2D eigenvalue weighted by atomic mass is 9.98. The van der Waals surface area contributed by atoms with Gasteiger partial charge in [-0.2, -0.15) is 0 Å². The first-order valence-electron chi connectivity index (χ1n) is 7.04. The standard InChI is InChI=1S/C14H30N2O/c1-12(6-5-9-14(2,3)17)15-13-7-10-16(4)11-8-13/h12-13,15,17H,5-11H2,1-4H3/t12-/m1/s1. The number of hydrogen-bond donors (Lipinski definition) is 2. The Balaban J connectivity index is 2.10. The van der Waals surface area contributed by atoms with E-state index in [0.29, 0.717) is 12.1 Å². The van der Waals surface area contributed by atoms with Gasteiger partial charge in [0.05, 0.1) is 5.60 Å². The molecule has 0 aliphatic carbocycles. The third kappa shape index (κ3) is 7.02. The van der Waals surface area contributed by atoms with E-state index in [-0.39, 0.29) is 0 Å². The minimum atomic E-state index is -0.507. The molecule has 1 heterocycles. The summed E-state index contributed by atoms with van der Waals surface area (Å²) in [5.41, 5.74) is -0.507. The topological polar surface area (TPSA) is 35.5 Å². The summed E-state index contributed by atoms with van der Waals surface area (Å²) in [5.74, 6) is 0. The molecule has 0 saturated carbocycles. The van der Waals surface area contributed by atoms with E-state index in [1.54, 1.807) is 0 Å². The molecule has 0 spiro atoms. The number of hydrogen-bond acceptors (Lipinski definition) is 3. The highest BCUT2D eigenvalue weighted by atomic mass is 16.3. The van der Waals surface area contributed by atoms with Gasteiger partial charge in [-0.1, -0.05) is 0 Å². The van der Waals surface area contributed by atoms with Crippen LogP contribution in [0.25, 0.3) is 0 Å². The molecule has 0 unspecified atom stereocenters. The first-order chi connectivity index (χ1) is 7.87. The number of nitrogens with one attached hydrogen (secondary N) is 1. The van der Waals surface area contributed by atoms with Crippen molar-refractivity contribution in [1.29, 1.82) is 0 Å². The predicted octanol–water partition coefficient (Wildman–Crippen LogP) is 2.00. The summed E-state index contributed by atoms with van der Waals surface area (Å²) >= 11 is 0. The Kier molecular flexibility index (Phi) is 5.90. The summed E-state index contributed by atoms with van der Waals surface area (Å²) in [6, 6.07) is 1.27. The van der Waals surface area contributed by atoms with Crippen molar-refractivity contribution in [2.75, 3.05) is 20.1 Å². The number of aliphatic hydroxyl groups is 1. The monoisotopic (exact) mass is 242 g/mol. The highest BCUT2D eigenvalue weighted by molar-refractivity contribution is 4.78. The van der Waals surface area contributed by atoms with Gasteiger partial charge in [0.15, 0.2) is 0 Å². The van der Waals surface area contributed by atoms with Crippen LogP contribution in [0.3, 0.4) is 0 Å². The van der Waals surface area contributed by atoms with Gasteiger partial charge >= 0.3 is 0 Å². The highest BCUT2D eigenvalue weighted by Gasteiger charge is 2.18. The van der Waals surface area contributed by atoms with Crippen molar-refractivity contribution in [3.05, 3.63) is 0 Å². The molecule has 0 amide bonds. The van der Waals surface area contributed by atoms with Crippen molar-refractivity contribution >= 4 is 0 Å². The summed E-state index contributed by atoms with van der Waals surface area (Å²) in [5, 5.41) is 13.4. The van der Waals surface area contributed by atoms with Gasteiger partial charge < -0.3 is 15.3 Å². The normalized spacial score (nSPS) is 21.7. The molecule has 17 heavy (non-hydrogen) atoms. The minimum Gasteiger partial charge on any atom is -0.390 e. The van der Waals surface area contributed by atoms with E-state index in [4.69, 9.17) is 0 Å². The lowest BCUT2D eigenvalue weighted by Crippen LogP contribution is -2.44. The van der Waals surface area contributed by atoms with Crippen LogP contribution in [0.2, 0.25) is 0 Å². The van der Waals surface area contributed by atoms with Gasteiger partial charge in [0.25, 0.3) is 0 Å². The van der Waals surface area contributed by atoms with Gasteiger partial charge in [-0.25, -0.2) is 0 Å². The van der Waals surface area contributed by atoms with Crippen LogP contribution in [0.5, 0.6) is 0 Å². The average Bonchev–Trinajstić information content (AvgIpc) is 2.19. The Bertz CT molecular complexity index is 205. The molecule has 1 saturated heterocycles. The summed E-state index contributed by atoms with van der Waals surface area (Å²) < 4.78 is 0. The second-order valence-corrected chi connectivity index (χ2v) is 6.35. The van der Waals surface area contributed by atoms with E-state index < -0.39 is 5.60 Å². The van der Waals surface area contributed by atoms with Crippen molar-refractivity contribution in [3.8, 4) is 0 Å². The SMILES string of the molecule is C[C@H](CCCC(C)(C)O)NC1CCN(C)CC1. The van der Waals surface area contributed by atoms with E-state index in [9.17, 15) is 5.11 Å². The van der Waals surface area contributed by atoms with Crippen LogP contribution in [0.15, 0.2) is 0 Å². The van der Waals surface area contributed by atoms with E-state index in [0.717, 1.165) is 19.3 Å². The summed E-state index contributed by atoms with van der Waals surface area (Å²) in [6.07, 6.45) is 5.70. The van der Waals surface area contributed by atoms with Gasteiger partial charge in [0, 0.05) is 12.1 Å². The van der Waals surface area contributed by atoms with Crippen LogP contribution in [0, 0.1) is 0 Å². The molecule has 2 N–H and O–H groups in total. The number of likely N-dealkylation sites (tertiary alicyclic amines) is 1. The zero-order chi connectivity index (χ0) is 12.9. The quantitative estimate of drug-likeness (QED) is 0.748. The molecular formula is C14H30N2O. The molecule has 1 atom stereocenters. The van der Waals surface area contributed by atoms with E-state index in [1.165, 1.54) is 25.9 Å². The molecule has 0 aromatic rings. The molecule has 1 aliphatic rings. The van der Waals surface area contributed by atoms with Gasteiger partial charge in [0.2, 0.25) is 0 Å². The predicted molar refractivity (Wildman–Crippen MR) is 73.3 cm³/mol. The van der Waals surface area contributed by atoms with Gasteiger partial charge in [-0.15, -0.1) is 0 Å². The second-order valence-electron chi connectivity index (χ2n) is 6.35. The Morgan fingerprint density at radius 2 is 1.94 bits per heavy atom. The maximum Gasteiger partial charge on any atom is 0.0591 e. The van der Waals surface area contributed by atoms with Crippen molar-refractivity contribution in [2.24, 2.45) is 0 Å². The third-order valence-corrected chi connectivity index (χ3v) is 3.66.